The first-order valence-electron chi connectivity index (χ1n) is 18.0. The second-order valence-electron chi connectivity index (χ2n) is 13.6. The van der Waals surface area contributed by atoms with E-state index in [9.17, 15) is 23.6 Å². The summed E-state index contributed by atoms with van der Waals surface area (Å²) in [6.07, 6.45) is 7.97. The molecule has 3 fully saturated rings. The van der Waals surface area contributed by atoms with Crippen LogP contribution in [0.4, 0.5) is 15.9 Å². The number of imide groups is 1. The Morgan fingerprint density at radius 3 is 2.72 bits per heavy atom. The first-order chi connectivity index (χ1) is 26.2. The number of nitrogens with zero attached hydrogens (tertiary/aromatic N) is 4. The molecule has 0 spiro atoms. The number of anilines is 2. The third-order valence-corrected chi connectivity index (χ3v) is 9.86. The molecule has 0 saturated carbocycles. The Hall–Kier alpha value is -6.22. The highest BCUT2D eigenvalue weighted by molar-refractivity contribution is 6.06. The first-order valence-corrected chi connectivity index (χ1v) is 18.0. The largest absolute Gasteiger partial charge is 0.384 e. The lowest BCUT2D eigenvalue weighted by molar-refractivity contribution is -0.134. The number of hydrogen-bond acceptors (Lipinski definition) is 10. The molecule has 3 saturated heterocycles. The van der Waals surface area contributed by atoms with Crippen LogP contribution >= 0.6 is 0 Å². The van der Waals surface area contributed by atoms with Gasteiger partial charge < -0.3 is 30.7 Å². The van der Waals surface area contributed by atoms with Crippen molar-refractivity contribution >= 4 is 47.4 Å². The Labute approximate surface area is 311 Å². The zero-order valence-corrected chi connectivity index (χ0v) is 29.5. The minimum atomic E-state index is -0.839. The summed E-state index contributed by atoms with van der Waals surface area (Å²) in [6.45, 7) is 3.53. The number of imidazole rings is 1. The van der Waals surface area contributed by atoms with Crippen molar-refractivity contribution in [2.24, 2.45) is 0 Å². The summed E-state index contributed by atoms with van der Waals surface area (Å²) in [7, 11) is 0. The van der Waals surface area contributed by atoms with Crippen LogP contribution in [0.1, 0.15) is 63.8 Å². The normalized spacial score (nSPS) is 18.8. The number of benzene rings is 2. The van der Waals surface area contributed by atoms with Crippen LogP contribution in [0.15, 0.2) is 72.9 Å². The van der Waals surface area contributed by atoms with E-state index in [0.29, 0.717) is 36.7 Å². The Morgan fingerprint density at radius 2 is 1.91 bits per heavy atom. The molecule has 0 radical (unpaired) electrons. The molecule has 0 aliphatic carbocycles. The van der Waals surface area contributed by atoms with E-state index >= 15 is 0 Å². The van der Waals surface area contributed by atoms with Crippen LogP contribution in [-0.2, 0) is 9.59 Å². The SMILES string of the molecule is N=C(/C=C\c1ncc(-c2cccc(N3CC(NCCNc4ccc(C=O)c(C(=O)NC5CCC(=O)NC5=O)c4)C3)n2)[nH]1)N1CCCC1c1cccc(F)c1. The molecule has 4 aromatic rings. The molecule has 14 nitrogen and oxygen atoms in total. The van der Waals surface area contributed by atoms with Gasteiger partial charge in [0, 0.05) is 56.4 Å². The van der Waals surface area contributed by atoms with Gasteiger partial charge in [-0.3, -0.25) is 29.9 Å². The molecular formula is C39H41FN10O4. The third kappa shape index (κ3) is 8.36. The standard InChI is InChI=1S/C39H41FN10O4/c40-26-5-1-4-24(18-26)33-7-3-17-50(33)34(41)12-13-35-44-20-32(45-35)30-6-2-8-36(46-30)49-21-28(22-49)43-16-15-42-27-10-9-25(23-51)29(19-27)38(53)47-31-11-14-37(52)48-39(31)54/h1-2,4-6,8-10,12-13,18-20,23,28,31,33,41-43H,3,7,11,14-17,21-22H2,(H,44,45)(H,47,53)(H,48,52,54)/b13-12-,41-34?. The van der Waals surface area contributed by atoms with Gasteiger partial charge in [0.2, 0.25) is 11.8 Å². The fourth-order valence-corrected chi connectivity index (χ4v) is 6.98. The van der Waals surface area contributed by atoms with Gasteiger partial charge in [0.15, 0.2) is 6.29 Å². The maximum absolute atomic E-state index is 13.8. The van der Waals surface area contributed by atoms with Gasteiger partial charge in [-0.05, 0) is 79.4 Å². The van der Waals surface area contributed by atoms with Gasteiger partial charge in [-0.25, -0.2) is 14.4 Å². The molecule has 5 heterocycles. The summed E-state index contributed by atoms with van der Waals surface area (Å²) in [6, 6.07) is 16.7. The number of amides is 3. The van der Waals surface area contributed by atoms with Crippen molar-refractivity contribution < 1.29 is 23.6 Å². The van der Waals surface area contributed by atoms with E-state index < -0.39 is 17.9 Å². The van der Waals surface area contributed by atoms with Gasteiger partial charge in [-0.1, -0.05) is 18.2 Å². The number of rotatable bonds is 13. The highest BCUT2D eigenvalue weighted by Gasteiger charge is 2.30. The summed E-state index contributed by atoms with van der Waals surface area (Å²) in [5.74, 6) is 0.0575. The van der Waals surface area contributed by atoms with E-state index in [-0.39, 0.29) is 47.8 Å². The zero-order valence-electron chi connectivity index (χ0n) is 29.5. The fraction of sp³-hybridized carbons (Fsp3) is 0.308. The first kappa shape index (κ1) is 36.2. The predicted molar refractivity (Wildman–Crippen MR) is 202 cm³/mol. The number of aromatic nitrogens is 3. The number of halogens is 1. The molecule has 2 aromatic heterocycles. The summed E-state index contributed by atoms with van der Waals surface area (Å²) in [4.78, 5) is 64.8. The van der Waals surface area contributed by atoms with E-state index in [1.54, 1.807) is 48.7 Å². The molecule has 3 amide bonds. The molecule has 2 atom stereocenters. The van der Waals surface area contributed by atoms with Crippen LogP contribution in [-0.4, -0.2) is 94.5 Å². The van der Waals surface area contributed by atoms with Gasteiger partial charge in [-0.2, -0.15) is 0 Å². The minimum absolute atomic E-state index is 0.0243. The molecule has 2 unspecified atom stereocenters. The third-order valence-electron chi connectivity index (χ3n) is 9.86. The smallest absolute Gasteiger partial charge is 0.252 e. The van der Waals surface area contributed by atoms with Crippen LogP contribution in [0.5, 0.6) is 0 Å². The lowest BCUT2D eigenvalue weighted by Gasteiger charge is -2.40. The van der Waals surface area contributed by atoms with Gasteiger partial charge in [0.25, 0.3) is 5.91 Å². The number of likely N-dealkylation sites (tertiary alicyclic amines) is 1. The molecule has 278 valence electrons. The van der Waals surface area contributed by atoms with Crippen LogP contribution in [0, 0.1) is 11.2 Å². The van der Waals surface area contributed by atoms with Crippen LogP contribution in [0.25, 0.3) is 17.5 Å². The van der Waals surface area contributed by atoms with Gasteiger partial charge in [0.05, 0.1) is 29.2 Å². The number of aldehydes is 1. The van der Waals surface area contributed by atoms with E-state index in [1.807, 2.05) is 29.2 Å². The molecular weight excluding hydrogens is 691 g/mol. The highest BCUT2D eigenvalue weighted by Crippen LogP contribution is 2.32. The van der Waals surface area contributed by atoms with Gasteiger partial charge in [0.1, 0.15) is 29.3 Å². The Bertz CT molecular complexity index is 2090. The maximum atomic E-state index is 13.8. The second kappa shape index (κ2) is 16.2. The van der Waals surface area contributed by atoms with Gasteiger partial charge in [-0.15, -0.1) is 0 Å². The van der Waals surface area contributed by atoms with Crippen molar-refractivity contribution in [1.29, 1.82) is 5.41 Å². The minimum Gasteiger partial charge on any atom is -0.384 e. The lowest BCUT2D eigenvalue weighted by Crippen LogP contribution is -2.59. The van der Waals surface area contributed by atoms with Crippen molar-refractivity contribution in [3.63, 3.8) is 0 Å². The molecule has 0 bridgehead atoms. The number of amidine groups is 1. The number of carbonyl (C=O) groups excluding carboxylic acids is 4. The molecule has 3 aliphatic rings. The van der Waals surface area contributed by atoms with Crippen molar-refractivity contribution in [3.05, 3.63) is 101 Å². The summed E-state index contributed by atoms with van der Waals surface area (Å²) < 4.78 is 13.8. The van der Waals surface area contributed by atoms with Crippen LogP contribution in [0.2, 0.25) is 0 Å². The molecule has 3 aliphatic heterocycles. The second-order valence-corrected chi connectivity index (χ2v) is 13.6. The fourth-order valence-electron chi connectivity index (χ4n) is 6.98. The predicted octanol–water partition coefficient (Wildman–Crippen LogP) is 3.68. The summed E-state index contributed by atoms with van der Waals surface area (Å²) in [5, 5.41) is 20.3. The molecule has 15 heteroatoms. The van der Waals surface area contributed by atoms with Crippen molar-refractivity contribution in [2.75, 3.05) is 42.9 Å². The quantitative estimate of drug-likeness (QED) is 0.0389. The van der Waals surface area contributed by atoms with Crippen LogP contribution in [0.3, 0.4) is 0 Å². The Balaban J connectivity index is 0.867. The zero-order chi connectivity index (χ0) is 37.6. The molecule has 7 rings (SSSR count). The molecule has 2 aromatic carbocycles. The average molecular weight is 733 g/mol. The number of carbonyl (C=O) groups is 4. The maximum Gasteiger partial charge on any atom is 0.252 e. The monoisotopic (exact) mass is 732 g/mol. The number of pyridine rings is 1. The Morgan fingerprint density at radius 1 is 1.06 bits per heavy atom. The highest BCUT2D eigenvalue weighted by atomic mass is 19.1. The molecule has 54 heavy (non-hydrogen) atoms. The van der Waals surface area contributed by atoms with Gasteiger partial charge >= 0.3 is 0 Å². The van der Waals surface area contributed by atoms with Crippen molar-refractivity contribution in [2.45, 2.75) is 43.8 Å². The number of hydrogen-bond donors (Lipinski definition) is 6. The van der Waals surface area contributed by atoms with E-state index in [2.05, 4.69) is 36.1 Å². The van der Waals surface area contributed by atoms with E-state index in [4.69, 9.17) is 10.4 Å². The van der Waals surface area contributed by atoms with E-state index in [0.717, 1.165) is 55.2 Å². The van der Waals surface area contributed by atoms with E-state index in [1.165, 1.54) is 6.07 Å². The van der Waals surface area contributed by atoms with Crippen molar-refractivity contribution in [1.82, 2.24) is 35.8 Å². The number of H-pyrrole nitrogens is 1. The molecule has 6 N–H and O–H groups in total. The summed E-state index contributed by atoms with van der Waals surface area (Å²) >= 11 is 0. The van der Waals surface area contributed by atoms with Crippen LogP contribution < -0.4 is 26.2 Å². The Kier molecular flexibility index (Phi) is 10.8. The topological polar surface area (TPSA) is 188 Å². The number of aromatic amines is 1. The lowest BCUT2D eigenvalue weighted by atomic mass is 10.0. The number of piperidine rings is 1. The van der Waals surface area contributed by atoms with Crippen molar-refractivity contribution in [3.8, 4) is 11.4 Å². The average Bonchev–Trinajstić information content (AvgIpc) is 3.85. The number of nitrogens with one attached hydrogen (secondary N) is 6. The summed E-state index contributed by atoms with van der Waals surface area (Å²) in [5.41, 5.74) is 3.41.